The van der Waals surface area contributed by atoms with Gasteiger partial charge in [0.25, 0.3) is 0 Å². The van der Waals surface area contributed by atoms with Gasteiger partial charge in [0.2, 0.25) is 0 Å². The van der Waals surface area contributed by atoms with Gasteiger partial charge in [0, 0.05) is 6.61 Å². The van der Waals surface area contributed by atoms with Crippen molar-refractivity contribution in [3.05, 3.63) is 0 Å². The van der Waals surface area contributed by atoms with E-state index in [0.717, 1.165) is 0 Å². The van der Waals surface area contributed by atoms with Crippen LogP contribution in [0.1, 0.15) is 27.7 Å². The Labute approximate surface area is 67.3 Å². The second kappa shape index (κ2) is 5.97. The van der Waals surface area contributed by atoms with Crippen LogP contribution in [0, 0.1) is 0 Å². The van der Waals surface area contributed by atoms with Crippen LogP contribution < -0.4 is 5.73 Å². The molecular weight excluding hydrogens is 146 g/mol. The Balaban J connectivity index is 0. The third-order valence-electron chi connectivity index (χ3n) is 0.407. The molecule has 0 aliphatic carbocycles. The first-order valence-electron chi connectivity index (χ1n) is 3.42. The van der Waals surface area contributed by atoms with Crippen molar-refractivity contribution in [2.75, 3.05) is 6.61 Å². The average Bonchev–Trinajstić information content (AvgIpc) is 1.57. The number of aliphatic hydroxyl groups excluding tert-OH is 1. The molecule has 0 aromatic rings. The number of ether oxygens (including phenoxy) is 1. The maximum atomic E-state index is 10.0. The van der Waals surface area contributed by atoms with E-state index in [4.69, 9.17) is 10.8 Å². The van der Waals surface area contributed by atoms with Gasteiger partial charge in [-0.1, -0.05) is 0 Å². The van der Waals surface area contributed by atoms with Crippen LogP contribution in [0.3, 0.4) is 0 Å². The van der Waals surface area contributed by atoms with Gasteiger partial charge in [0.05, 0.1) is 0 Å². The Kier molecular flexibility index (Phi) is 6.99. The monoisotopic (exact) mass is 163 g/mol. The minimum Gasteiger partial charge on any atom is -0.444 e. The number of primary amides is 1. The minimum atomic E-state index is -0.725. The van der Waals surface area contributed by atoms with Gasteiger partial charge in [-0.3, -0.25) is 0 Å². The minimum absolute atomic E-state index is 0.250. The summed E-state index contributed by atoms with van der Waals surface area (Å²) in [4.78, 5) is 10.0. The van der Waals surface area contributed by atoms with Crippen molar-refractivity contribution in [3.63, 3.8) is 0 Å². The molecule has 0 saturated heterocycles. The molecule has 0 spiro atoms. The van der Waals surface area contributed by atoms with Gasteiger partial charge < -0.3 is 15.6 Å². The first-order chi connectivity index (χ1) is 4.83. The van der Waals surface area contributed by atoms with Gasteiger partial charge in [-0.05, 0) is 27.7 Å². The predicted octanol–water partition coefficient (Wildman–Crippen LogP) is 0.879. The highest BCUT2D eigenvalue weighted by atomic mass is 16.6. The van der Waals surface area contributed by atoms with E-state index in [2.05, 4.69) is 4.74 Å². The molecule has 0 radical (unpaired) electrons. The van der Waals surface area contributed by atoms with Crippen LogP contribution in [0.4, 0.5) is 4.79 Å². The number of carbonyl (C=O) groups excluding carboxylic acids is 1. The van der Waals surface area contributed by atoms with Crippen LogP contribution in [-0.2, 0) is 4.74 Å². The standard InChI is InChI=1S/C5H11NO2.C2H6O/c1-5(2,3)8-4(6)7;1-2-3/h1-3H3,(H2,6,7);3H,2H2,1H3. The van der Waals surface area contributed by atoms with Crippen molar-refractivity contribution in [1.29, 1.82) is 0 Å². The number of amides is 1. The maximum absolute atomic E-state index is 10.0. The van der Waals surface area contributed by atoms with Gasteiger partial charge >= 0.3 is 6.09 Å². The van der Waals surface area contributed by atoms with Crippen LogP contribution in [0.15, 0.2) is 0 Å². The van der Waals surface area contributed by atoms with Crippen LogP contribution >= 0.6 is 0 Å². The number of hydrogen-bond donors (Lipinski definition) is 2. The number of carbonyl (C=O) groups is 1. The lowest BCUT2D eigenvalue weighted by atomic mass is 10.2. The maximum Gasteiger partial charge on any atom is 0.405 e. The highest BCUT2D eigenvalue weighted by Crippen LogP contribution is 2.04. The summed E-state index contributed by atoms with van der Waals surface area (Å²) in [5, 5.41) is 7.57. The van der Waals surface area contributed by atoms with E-state index in [1.807, 2.05) is 0 Å². The fourth-order valence-electron chi connectivity index (χ4n) is 0.302. The molecule has 0 aromatic heterocycles. The molecule has 0 saturated carbocycles. The van der Waals surface area contributed by atoms with E-state index in [0.29, 0.717) is 0 Å². The van der Waals surface area contributed by atoms with Crippen LogP contribution in [0.5, 0.6) is 0 Å². The van der Waals surface area contributed by atoms with Crippen LogP contribution in [-0.4, -0.2) is 23.4 Å². The van der Waals surface area contributed by atoms with Crippen molar-refractivity contribution in [3.8, 4) is 0 Å². The molecule has 3 N–H and O–H groups in total. The Hall–Kier alpha value is -0.770. The van der Waals surface area contributed by atoms with E-state index in [1.165, 1.54) is 0 Å². The average molecular weight is 163 g/mol. The molecule has 0 rings (SSSR count). The molecule has 0 unspecified atom stereocenters. The molecule has 68 valence electrons. The van der Waals surface area contributed by atoms with Crippen molar-refractivity contribution in [2.45, 2.75) is 33.3 Å². The van der Waals surface area contributed by atoms with E-state index in [-0.39, 0.29) is 6.61 Å². The topological polar surface area (TPSA) is 72.5 Å². The molecule has 0 aliphatic rings. The fraction of sp³-hybridized carbons (Fsp3) is 0.857. The van der Waals surface area contributed by atoms with E-state index >= 15 is 0 Å². The molecule has 0 atom stereocenters. The molecule has 4 nitrogen and oxygen atoms in total. The highest BCUT2D eigenvalue weighted by molar-refractivity contribution is 5.65. The first kappa shape index (κ1) is 12.9. The number of rotatable bonds is 0. The lowest BCUT2D eigenvalue weighted by Gasteiger charge is -2.16. The zero-order valence-corrected chi connectivity index (χ0v) is 7.55. The summed E-state index contributed by atoms with van der Waals surface area (Å²) in [6.07, 6.45) is -0.725. The number of hydrogen-bond acceptors (Lipinski definition) is 3. The molecule has 0 bridgehead atoms. The van der Waals surface area contributed by atoms with Crippen LogP contribution in [0.2, 0.25) is 0 Å². The zero-order chi connectivity index (χ0) is 9.49. The Morgan fingerprint density at radius 2 is 1.82 bits per heavy atom. The molecule has 0 aliphatic heterocycles. The summed E-state index contributed by atoms with van der Waals surface area (Å²) in [6, 6.07) is 0. The SMILES string of the molecule is CC(C)(C)OC(N)=O.CCO. The second-order valence-corrected chi connectivity index (χ2v) is 2.85. The molecule has 0 heterocycles. The molecule has 4 heteroatoms. The van der Waals surface area contributed by atoms with Crippen molar-refractivity contribution >= 4 is 6.09 Å². The third kappa shape index (κ3) is 27.0. The predicted molar refractivity (Wildman–Crippen MR) is 43.2 cm³/mol. The molecular formula is C7H17NO3. The Bertz CT molecular complexity index is 107. The smallest absolute Gasteiger partial charge is 0.405 e. The Morgan fingerprint density at radius 3 is 1.82 bits per heavy atom. The highest BCUT2D eigenvalue weighted by Gasteiger charge is 2.12. The second-order valence-electron chi connectivity index (χ2n) is 2.85. The quantitative estimate of drug-likeness (QED) is 0.556. The van der Waals surface area contributed by atoms with E-state index in [9.17, 15) is 4.79 Å². The summed E-state index contributed by atoms with van der Waals surface area (Å²) < 4.78 is 4.58. The Morgan fingerprint density at radius 1 is 1.55 bits per heavy atom. The lowest BCUT2D eigenvalue weighted by Crippen LogP contribution is -2.27. The number of aliphatic hydroxyl groups is 1. The van der Waals surface area contributed by atoms with E-state index < -0.39 is 11.7 Å². The first-order valence-corrected chi connectivity index (χ1v) is 3.42. The lowest BCUT2D eigenvalue weighted by molar-refractivity contribution is 0.0600. The van der Waals surface area contributed by atoms with Crippen molar-refractivity contribution in [1.82, 2.24) is 0 Å². The summed E-state index contributed by atoms with van der Waals surface area (Å²) in [7, 11) is 0. The zero-order valence-electron chi connectivity index (χ0n) is 7.55. The van der Waals surface area contributed by atoms with Gasteiger partial charge in [-0.25, -0.2) is 4.79 Å². The van der Waals surface area contributed by atoms with Gasteiger partial charge in [-0.2, -0.15) is 0 Å². The third-order valence-corrected chi connectivity index (χ3v) is 0.407. The summed E-state index contributed by atoms with van der Waals surface area (Å²) in [6.45, 7) is 7.22. The molecule has 0 fully saturated rings. The number of nitrogens with two attached hydrogens (primary N) is 1. The molecule has 0 aromatic carbocycles. The van der Waals surface area contributed by atoms with Crippen molar-refractivity contribution < 1.29 is 14.6 Å². The van der Waals surface area contributed by atoms with E-state index in [1.54, 1.807) is 27.7 Å². The van der Waals surface area contributed by atoms with Crippen molar-refractivity contribution in [2.24, 2.45) is 5.73 Å². The summed E-state index contributed by atoms with van der Waals surface area (Å²) in [5.41, 5.74) is 4.26. The summed E-state index contributed by atoms with van der Waals surface area (Å²) in [5.74, 6) is 0. The molecule has 1 amide bonds. The van der Waals surface area contributed by atoms with Gasteiger partial charge in [0.15, 0.2) is 0 Å². The van der Waals surface area contributed by atoms with Gasteiger partial charge in [-0.15, -0.1) is 0 Å². The molecule has 11 heavy (non-hydrogen) atoms. The summed E-state index contributed by atoms with van der Waals surface area (Å²) >= 11 is 0. The fourth-order valence-corrected chi connectivity index (χ4v) is 0.302. The normalized spacial score (nSPS) is 9.55. The largest absolute Gasteiger partial charge is 0.444 e. The van der Waals surface area contributed by atoms with Gasteiger partial charge in [0.1, 0.15) is 5.60 Å². The van der Waals surface area contributed by atoms with Crippen LogP contribution in [0.25, 0.3) is 0 Å².